The van der Waals surface area contributed by atoms with E-state index < -0.39 is 0 Å². The first kappa shape index (κ1) is 20.8. The summed E-state index contributed by atoms with van der Waals surface area (Å²) in [5.41, 5.74) is 1.17. The van der Waals surface area contributed by atoms with Crippen LogP contribution in [0, 0.1) is 0 Å². The van der Waals surface area contributed by atoms with Gasteiger partial charge in [0, 0.05) is 14.6 Å². The Morgan fingerprint density at radius 3 is 2.21 bits per heavy atom. The molecule has 0 aliphatic heterocycles. The predicted molar refractivity (Wildman–Crippen MR) is 121 cm³/mol. The van der Waals surface area contributed by atoms with Crippen molar-refractivity contribution in [3.05, 3.63) is 63.2 Å². The van der Waals surface area contributed by atoms with Gasteiger partial charge in [-0.05, 0) is 79.8 Å². The van der Waals surface area contributed by atoms with Gasteiger partial charge in [-0.15, -0.1) is 22.7 Å². The molecule has 2 aromatic heterocycles. The van der Waals surface area contributed by atoms with Crippen LogP contribution in [0.1, 0.15) is 65.4 Å². The number of unbranched alkanes of at least 4 members (excludes halogenated alkanes) is 3. The highest BCUT2D eigenvalue weighted by Gasteiger charge is 2.12. The monoisotopic (exact) mass is 412 g/mol. The Labute approximate surface area is 176 Å². The van der Waals surface area contributed by atoms with E-state index in [-0.39, 0.29) is 5.97 Å². The van der Waals surface area contributed by atoms with Crippen molar-refractivity contribution in [2.45, 2.75) is 58.8 Å². The molecule has 1 aromatic carbocycles. The number of thiophene rings is 2. The van der Waals surface area contributed by atoms with Crippen LogP contribution in [0.25, 0.3) is 10.4 Å². The van der Waals surface area contributed by atoms with Crippen molar-refractivity contribution in [3.63, 3.8) is 0 Å². The zero-order chi connectivity index (χ0) is 19.8. The number of hydrogen-bond donors (Lipinski definition) is 0. The van der Waals surface area contributed by atoms with Gasteiger partial charge in [0.2, 0.25) is 0 Å². The smallest absolute Gasteiger partial charge is 0.353 e. The van der Waals surface area contributed by atoms with E-state index in [0.717, 1.165) is 12.8 Å². The Bertz CT molecular complexity index is 874. The Morgan fingerprint density at radius 1 is 0.786 bits per heavy atom. The summed E-state index contributed by atoms with van der Waals surface area (Å²) in [4.78, 5) is 17.0. The molecule has 0 unspecified atom stereocenters. The summed E-state index contributed by atoms with van der Waals surface area (Å²) >= 11 is 3.39. The van der Waals surface area contributed by atoms with Crippen molar-refractivity contribution in [3.8, 4) is 16.2 Å². The number of carbonyl (C=O) groups is 1. The van der Waals surface area contributed by atoms with Crippen molar-refractivity contribution >= 4 is 28.6 Å². The predicted octanol–water partition coefficient (Wildman–Crippen LogP) is 7.77. The number of aryl methyl sites for hydroxylation is 2. The van der Waals surface area contributed by atoms with E-state index in [2.05, 4.69) is 26.0 Å². The molecule has 0 atom stereocenters. The average Bonchev–Trinajstić information content (AvgIpc) is 3.37. The third-order valence-corrected chi connectivity index (χ3v) is 7.00. The van der Waals surface area contributed by atoms with E-state index in [0.29, 0.717) is 10.6 Å². The number of carbonyl (C=O) groups excluding carboxylic acids is 1. The van der Waals surface area contributed by atoms with Crippen LogP contribution in [0.3, 0.4) is 0 Å². The van der Waals surface area contributed by atoms with Crippen LogP contribution >= 0.6 is 22.7 Å². The molecule has 0 amide bonds. The highest BCUT2D eigenvalue weighted by Crippen LogP contribution is 2.30. The summed E-state index contributed by atoms with van der Waals surface area (Å²) in [6.45, 7) is 4.42. The van der Waals surface area contributed by atoms with Crippen LogP contribution in [0.4, 0.5) is 0 Å². The van der Waals surface area contributed by atoms with Gasteiger partial charge in [-0.1, -0.05) is 33.1 Å². The van der Waals surface area contributed by atoms with E-state index in [1.54, 1.807) is 11.3 Å². The van der Waals surface area contributed by atoms with Gasteiger partial charge in [-0.2, -0.15) is 0 Å². The molecule has 28 heavy (non-hydrogen) atoms. The standard InChI is InChI=1S/C24H28O2S2/c1-3-5-7-9-21-15-17-23(28-21)24(25)26-19-12-10-18(11-13-19)22-16-14-20(27-22)8-6-4-2/h10-17H,3-9H2,1-2H3. The average molecular weight is 413 g/mol. The van der Waals surface area contributed by atoms with E-state index in [1.807, 2.05) is 47.7 Å². The third kappa shape index (κ3) is 5.79. The van der Waals surface area contributed by atoms with E-state index >= 15 is 0 Å². The minimum absolute atomic E-state index is 0.266. The number of ether oxygens (including phenoxy) is 1. The first-order chi connectivity index (χ1) is 13.7. The first-order valence-corrected chi connectivity index (χ1v) is 11.8. The van der Waals surface area contributed by atoms with E-state index in [9.17, 15) is 4.79 Å². The summed E-state index contributed by atoms with van der Waals surface area (Å²) < 4.78 is 5.56. The lowest BCUT2D eigenvalue weighted by molar-refractivity contribution is 0.0740. The van der Waals surface area contributed by atoms with Gasteiger partial charge in [-0.3, -0.25) is 0 Å². The molecule has 0 N–H and O–H groups in total. The number of rotatable bonds is 10. The fraction of sp³-hybridized carbons (Fsp3) is 0.375. The van der Waals surface area contributed by atoms with Gasteiger partial charge >= 0.3 is 5.97 Å². The molecule has 0 aliphatic rings. The summed E-state index contributed by atoms with van der Waals surface area (Å²) in [6.07, 6.45) is 8.27. The van der Waals surface area contributed by atoms with E-state index in [4.69, 9.17) is 4.74 Å². The minimum Gasteiger partial charge on any atom is -0.422 e. The molecule has 3 aromatic rings. The molecule has 3 rings (SSSR count). The zero-order valence-corrected chi connectivity index (χ0v) is 18.3. The summed E-state index contributed by atoms with van der Waals surface area (Å²) in [7, 11) is 0. The Morgan fingerprint density at radius 2 is 1.46 bits per heavy atom. The second-order valence-electron chi connectivity index (χ2n) is 7.01. The molecule has 0 bridgehead atoms. The number of esters is 1. The second kappa shape index (κ2) is 10.6. The van der Waals surface area contributed by atoms with Crippen LogP contribution in [0.15, 0.2) is 48.5 Å². The van der Waals surface area contributed by atoms with Crippen LogP contribution in [0.5, 0.6) is 5.75 Å². The van der Waals surface area contributed by atoms with Gasteiger partial charge in [0.05, 0.1) is 0 Å². The maximum absolute atomic E-state index is 12.4. The topological polar surface area (TPSA) is 26.3 Å². The molecule has 0 radical (unpaired) electrons. The van der Waals surface area contributed by atoms with Crippen LogP contribution in [-0.4, -0.2) is 5.97 Å². The summed E-state index contributed by atoms with van der Waals surface area (Å²) in [5.74, 6) is 0.329. The molecule has 0 aliphatic carbocycles. The van der Waals surface area contributed by atoms with Crippen LogP contribution < -0.4 is 4.74 Å². The number of benzene rings is 1. The lowest BCUT2D eigenvalue weighted by Gasteiger charge is -2.04. The molecule has 148 valence electrons. The van der Waals surface area contributed by atoms with E-state index in [1.165, 1.54) is 52.3 Å². The number of hydrogen-bond acceptors (Lipinski definition) is 4. The maximum atomic E-state index is 12.4. The molecular weight excluding hydrogens is 384 g/mol. The van der Waals surface area contributed by atoms with Gasteiger partial charge in [-0.25, -0.2) is 4.79 Å². The second-order valence-corrected chi connectivity index (χ2v) is 9.34. The maximum Gasteiger partial charge on any atom is 0.353 e. The van der Waals surface area contributed by atoms with Gasteiger partial charge in [0.1, 0.15) is 10.6 Å². The lowest BCUT2D eigenvalue weighted by atomic mass is 10.2. The van der Waals surface area contributed by atoms with Crippen molar-refractivity contribution in [2.75, 3.05) is 0 Å². The first-order valence-electron chi connectivity index (χ1n) is 10.2. The molecular formula is C24H28O2S2. The van der Waals surface area contributed by atoms with Crippen LogP contribution in [0.2, 0.25) is 0 Å². The minimum atomic E-state index is -0.266. The normalized spacial score (nSPS) is 10.9. The third-order valence-electron chi connectivity index (χ3n) is 4.68. The fourth-order valence-corrected chi connectivity index (χ4v) is 5.02. The SMILES string of the molecule is CCCCCc1ccc(C(=O)Oc2ccc(-c3ccc(CCCC)s3)cc2)s1. The van der Waals surface area contributed by atoms with Crippen molar-refractivity contribution in [2.24, 2.45) is 0 Å². The molecule has 4 heteroatoms. The van der Waals surface area contributed by atoms with Crippen molar-refractivity contribution in [1.29, 1.82) is 0 Å². The van der Waals surface area contributed by atoms with Crippen molar-refractivity contribution in [1.82, 2.24) is 0 Å². The molecule has 0 spiro atoms. The lowest BCUT2D eigenvalue weighted by Crippen LogP contribution is -2.06. The molecule has 2 heterocycles. The highest BCUT2D eigenvalue weighted by molar-refractivity contribution is 7.15. The van der Waals surface area contributed by atoms with Gasteiger partial charge in [0.15, 0.2) is 0 Å². The van der Waals surface area contributed by atoms with Crippen molar-refractivity contribution < 1.29 is 9.53 Å². The molecule has 0 saturated carbocycles. The Balaban J connectivity index is 1.58. The molecule has 0 saturated heterocycles. The molecule has 2 nitrogen and oxygen atoms in total. The zero-order valence-electron chi connectivity index (χ0n) is 16.7. The van der Waals surface area contributed by atoms with Crippen LogP contribution in [-0.2, 0) is 12.8 Å². The summed E-state index contributed by atoms with van der Waals surface area (Å²) in [5, 5.41) is 0. The highest BCUT2D eigenvalue weighted by atomic mass is 32.1. The Kier molecular flexibility index (Phi) is 7.87. The fourth-order valence-electron chi connectivity index (χ4n) is 3.03. The summed E-state index contributed by atoms with van der Waals surface area (Å²) in [6, 6.07) is 16.2. The largest absolute Gasteiger partial charge is 0.422 e. The van der Waals surface area contributed by atoms with Gasteiger partial charge < -0.3 is 4.74 Å². The Hall–Kier alpha value is -1.91. The van der Waals surface area contributed by atoms with Gasteiger partial charge in [0.25, 0.3) is 0 Å². The quantitative estimate of drug-likeness (QED) is 0.193. The molecule has 0 fully saturated rings.